The Morgan fingerprint density at radius 2 is 1.08 bits per heavy atom. The summed E-state index contributed by atoms with van der Waals surface area (Å²) in [6.07, 6.45) is 9.19. The van der Waals surface area contributed by atoms with E-state index in [1.165, 1.54) is 6.42 Å². The van der Waals surface area contributed by atoms with Crippen LogP contribution < -0.4 is 0 Å². The van der Waals surface area contributed by atoms with Crippen molar-refractivity contribution in [3.8, 4) is 0 Å². The van der Waals surface area contributed by atoms with E-state index in [0.717, 1.165) is 38.5 Å². The molecule has 1 N–H and O–H groups in total. The largest absolute Gasteiger partial charge is 0.462 e. The van der Waals surface area contributed by atoms with Crippen LogP contribution in [-0.4, -0.2) is 69.1 Å². The minimum absolute atomic E-state index is 0. The van der Waals surface area contributed by atoms with Crippen molar-refractivity contribution in [2.75, 3.05) is 0 Å². The molecule has 0 radical (unpaired) electrons. The number of carbonyl (C=O) groups excluding carboxylic acids is 5. The molecule has 6 fully saturated rings. The van der Waals surface area contributed by atoms with Crippen LogP contribution in [0.4, 0.5) is 0 Å². The van der Waals surface area contributed by atoms with Crippen molar-refractivity contribution in [2.45, 2.75) is 258 Å². The van der Waals surface area contributed by atoms with Crippen LogP contribution in [0.25, 0.3) is 0 Å². The van der Waals surface area contributed by atoms with Crippen molar-refractivity contribution in [2.24, 2.45) is 51.8 Å². The summed E-state index contributed by atoms with van der Waals surface area (Å²) in [5.74, 6) is -0.277. The maximum atomic E-state index is 13.2. The minimum atomic E-state index is -1.32. The summed E-state index contributed by atoms with van der Waals surface area (Å²) < 4.78 is 28.5. The Kier molecular flexibility index (Phi) is 21.0. The van der Waals surface area contributed by atoms with Crippen molar-refractivity contribution in [1.82, 2.24) is 0 Å². The number of ether oxygens (including phenoxy) is 5. The molecule has 11 nitrogen and oxygen atoms in total. The molecule has 11 heteroatoms. The molecule has 0 aromatic heterocycles. The topological polar surface area (TPSA) is 152 Å². The maximum absolute atomic E-state index is 13.2. The molecule has 376 valence electrons. The fourth-order valence-corrected chi connectivity index (χ4v) is 9.56. The van der Waals surface area contributed by atoms with Crippen molar-refractivity contribution in [1.29, 1.82) is 0 Å². The first-order valence-corrected chi connectivity index (χ1v) is 23.5. The van der Waals surface area contributed by atoms with Gasteiger partial charge in [-0.05, 0) is 183 Å². The molecule has 0 aromatic rings. The number of hydrogen-bond acceptors (Lipinski definition) is 11. The summed E-state index contributed by atoms with van der Waals surface area (Å²) in [6.45, 7) is 34.3. The van der Waals surface area contributed by atoms with Crippen molar-refractivity contribution in [3.05, 3.63) is 0 Å². The van der Waals surface area contributed by atoms with Crippen LogP contribution in [0.1, 0.15) is 224 Å². The van der Waals surface area contributed by atoms with Crippen LogP contribution in [0.5, 0.6) is 0 Å². The lowest BCUT2D eigenvalue weighted by Crippen LogP contribution is -2.60. The van der Waals surface area contributed by atoms with Crippen LogP contribution in [0.15, 0.2) is 0 Å². The Bertz CT molecular complexity index is 1530. The number of rotatable bonds is 12. The third-order valence-corrected chi connectivity index (χ3v) is 14.6. The van der Waals surface area contributed by atoms with Gasteiger partial charge in [-0.25, -0.2) is 0 Å². The molecule has 6 rings (SSSR count). The average molecular weight is 911 g/mol. The second kappa shape index (κ2) is 22.0. The number of hydrogen-bond donors (Lipinski definition) is 1. The predicted molar refractivity (Wildman–Crippen MR) is 256 cm³/mol. The van der Waals surface area contributed by atoms with Gasteiger partial charge in [0.1, 0.15) is 28.5 Å². The fourth-order valence-electron chi connectivity index (χ4n) is 9.56. The molecule has 6 atom stereocenters. The van der Waals surface area contributed by atoms with Crippen LogP contribution in [0.2, 0.25) is 0 Å². The molecule has 6 bridgehead atoms. The van der Waals surface area contributed by atoms with Gasteiger partial charge in [-0.2, -0.15) is 0 Å². The standard InChI is InChI=1S/C23H38O6.C15H24O3.C12H24O2.3CH4/c1-10-22(8,9)17(24)27-16-12-15-11-14(16)13-23(15,18(25)28-20(2,3)4)19(26)29-21(5,6)7;1-3-10(2)13(16)18-15-7-11-4-12(8-15)6-14(17,5-11)9-15;1-8-11(4,5)10(13)14-12(6,7)9(2)3;;;/h14-16H,10-13H2,1-9H3;10-12,17H,3-9H2,1-2H3;9H,8H2,1-7H3;3*1H4. The average Bonchev–Trinajstić information content (AvgIpc) is 3.68. The van der Waals surface area contributed by atoms with Gasteiger partial charge in [0.15, 0.2) is 5.41 Å². The highest BCUT2D eigenvalue weighted by Gasteiger charge is 2.67. The summed E-state index contributed by atoms with van der Waals surface area (Å²) in [7, 11) is 0. The SMILES string of the molecule is C.C.C.CCC(C)(C)C(=O)OC(C)(C)C(C)C.CCC(C)(C)C(=O)OC1CC2CC1CC2(C(=O)OC(C)(C)C)C(=O)OC(C)(C)C.CCC(C)C(=O)OC12CC3CC(CC(O)(C3)C1)C2. The first-order chi connectivity index (χ1) is 27.6. The van der Waals surface area contributed by atoms with Crippen molar-refractivity contribution in [3.63, 3.8) is 0 Å². The molecular formula is C53H98O11. The quantitative estimate of drug-likeness (QED) is 0.113. The molecule has 64 heavy (non-hydrogen) atoms. The smallest absolute Gasteiger partial charge is 0.324 e. The zero-order chi connectivity index (χ0) is 46.9. The molecule has 6 aliphatic rings. The summed E-state index contributed by atoms with van der Waals surface area (Å²) >= 11 is 0. The third kappa shape index (κ3) is 14.9. The summed E-state index contributed by atoms with van der Waals surface area (Å²) in [5.41, 5.74) is -4.89. The minimum Gasteiger partial charge on any atom is -0.462 e. The van der Waals surface area contributed by atoms with Crippen LogP contribution in [0, 0.1) is 51.8 Å². The molecule has 0 saturated heterocycles. The van der Waals surface area contributed by atoms with Gasteiger partial charge in [0.05, 0.1) is 22.3 Å². The highest BCUT2D eigenvalue weighted by molar-refractivity contribution is 6.01. The molecule has 6 saturated carbocycles. The molecule has 0 aromatic carbocycles. The van der Waals surface area contributed by atoms with Gasteiger partial charge in [0.25, 0.3) is 0 Å². The lowest BCUT2D eigenvalue weighted by molar-refractivity contribution is -0.222. The van der Waals surface area contributed by atoms with Gasteiger partial charge in [-0.1, -0.05) is 63.8 Å². The lowest BCUT2D eigenvalue weighted by atomic mass is 9.52. The number of carbonyl (C=O) groups is 5. The van der Waals surface area contributed by atoms with Gasteiger partial charge < -0.3 is 28.8 Å². The fraction of sp³-hybridized carbons (Fsp3) is 0.906. The van der Waals surface area contributed by atoms with Crippen molar-refractivity contribution < 1.29 is 52.8 Å². The van der Waals surface area contributed by atoms with E-state index in [9.17, 15) is 29.1 Å². The Labute approximate surface area is 391 Å². The molecule has 0 spiro atoms. The van der Waals surface area contributed by atoms with E-state index in [1.54, 1.807) is 41.5 Å². The van der Waals surface area contributed by atoms with E-state index in [-0.39, 0.29) is 80.7 Å². The highest BCUT2D eigenvalue weighted by Crippen LogP contribution is 2.60. The molecule has 6 unspecified atom stereocenters. The van der Waals surface area contributed by atoms with E-state index in [2.05, 4.69) is 13.8 Å². The Morgan fingerprint density at radius 1 is 0.625 bits per heavy atom. The van der Waals surface area contributed by atoms with E-state index in [1.807, 2.05) is 69.2 Å². The van der Waals surface area contributed by atoms with Gasteiger partial charge in [0.2, 0.25) is 0 Å². The summed E-state index contributed by atoms with van der Waals surface area (Å²) in [5, 5.41) is 10.6. The number of fused-ring (bicyclic) bond motifs is 2. The Hall–Kier alpha value is -2.69. The second-order valence-electron chi connectivity index (χ2n) is 23.8. The third-order valence-electron chi connectivity index (χ3n) is 14.6. The normalized spacial score (nSPS) is 28.0. The van der Waals surface area contributed by atoms with Gasteiger partial charge in [-0.15, -0.1) is 0 Å². The molecular weight excluding hydrogens is 813 g/mol. The molecule has 6 aliphatic carbocycles. The first kappa shape index (κ1) is 61.3. The van der Waals surface area contributed by atoms with Gasteiger partial charge >= 0.3 is 29.8 Å². The monoisotopic (exact) mass is 911 g/mol. The lowest BCUT2D eigenvalue weighted by Gasteiger charge is -2.59. The highest BCUT2D eigenvalue weighted by atomic mass is 16.6. The number of esters is 5. The van der Waals surface area contributed by atoms with E-state index in [4.69, 9.17) is 23.7 Å². The first-order valence-electron chi connectivity index (χ1n) is 23.5. The molecule has 0 heterocycles. The molecule has 0 aliphatic heterocycles. The maximum Gasteiger partial charge on any atom is 0.324 e. The number of aliphatic hydroxyl groups is 1. The predicted octanol–water partition coefficient (Wildman–Crippen LogP) is 12.4. The van der Waals surface area contributed by atoms with Crippen LogP contribution in [0.3, 0.4) is 0 Å². The van der Waals surface area contributed by atoms with E-state index in [0.29, 0.717) is 49.9 Å². The van der Waals surface area contributed by atoms with Gasteiger partial charge in [0, 0.05) is 6.42 Å². The summed E-state index contributed by atoms with van der Waals surface area (Å²) in [6, 6.07) is 0. The second-order valence-corrected chi connectivity index (χ2v) is 23.8. The van der Waals surface area contributed by atoms with Gasteiger partial charge in [-0.3, -0.25) is 24.0 Å². The Morgan fingerprint density at radius 3 is 1.44 bits per heavy atom. The van der Waals surface area contributed by atoms with E-state index >= 15 is 0 Å². The molecule has 0 amide bonds. The van der Waals surface area contributed by atoms with E-state index < -0.39 is 39.6 Å². The summed E-state index contributed by atoms with van der Waals surface area (Å²) in [4.78, 5) is 62.8. The zero-order valence-corrected chi connectivity index (χ0v) is 41.6. The van der Waals surface area contributed by atoms with Crippen molar-refractivity contribution >= 4 is 29.8 Å². The van der Waals surface area contributed by atoms with Crippen LogP contribution >= 0.6 is 0 Å². The van der Waals surface area contributed by atoms with Crippen LogP contribution in [-0.2, 0) is 47.7 Å². The Balaban J connectivity index is 0.000000978. The zero-order valence-electron chi connectivity index (χ0n) is 41.6.